The molecule has 0 aromatic carbocycles. The second-order valence-corrected chi connectivity index (χ2v) is 5.14. The molecule has 4 nitrogen and oxygen atoms in total. The number of carboxylic acid groups (broad SMARTS) is 1. The van der Waals surface area contributed by atoms with Crippen LogP contribution in [0.15, 0.2) is 24.5 Å². The number of aliphatic carboxylic acids is 1. The van der Waals surface area contributed by atoms with Gasteiger partial charge in [-0.25, -0.2) is 0 Å². The summed E-state index contributed by atoms with van der Waals surface area (Å²) >= 11 is 0. The van der Waals surface area contributed by atoms with E-state index in [0.29, 0.717) is 5.75 Å². The fourth-order valence-electron chi connectivity index (χ4n) is 1.12. The zero-order valence-electron chi connectivity index (χ0n) is 8.42. The summed E-state index contributed by atoms with van der Waals surface area (Å²) in [6.07, 6.45) is 3.21. The van der Waals surface area contributed by atoms with Gasteiger partial charge in [0.1, 0.15) is 0 Å². The van der Waals surface area contributed by atoms with Crippen molar-refractivity contribution in [1.82, 2.24) is 4.98 Å². The molecule has 0 aliphatic carbocycles. The van der Waals surface area contributed by atoms with E-state index in [1.54, 1.807) is 31.5 Å². The van der Waals surface area contributed by atoms with Crippen molar-refractivity contribution in [2.24, 2.45) is 0 Å². The number of nitrogens with zero attached hydrogens (tertiary/aromatic N) is 1. The van der Waals surface area contributed by atoms with Crippen molar-refractivity contribution in [2.45, 2.75) is 24.3 Å². The molecule has 0 saturated carbocycles. The normalized spacial score (nSPS) is 14.5. The number of pyridine rings is 1. The van der Waals surface area contributed by atoms with Crippen LogP contribution in [0.25, 0.3) is 0 Å². The van der Waals surface area contributed by atoms with Crippen LogP contribution in [0.1, 0.15) is 18.9 Å². The summed E-state index contributed by atoms with van der Waals surface area (Å²) in [6.45, 7) is 1.69. The lowest BCUT2D eigenvalue weighted by molar-refractivity contribution is -0.136. The van der Waals surface area contributed by atoms with Crippen molar-refractivity contribution >= 4 is 16.8 Å². The summed E-state index contributed by atoms with van der Waals surface area (Å²) in [4.78, 5) is 14.3. The lowest BCUT2D eigenvalue weighted by Gasteiger charge is -2.08. The molecule has 1 N–H and O–H groups in total. The summed E-state index contributed by atoms with van der Waals surface area (Å²) in [6, 6.07) is 3.57. The third-order valence-electron chi connectivity index (χ3n) is 1.97. The van der Waals surface area contributed by atoms with E-state index < -0.39 is 16.8 Å². The Hall–Kier alpha value is -1.23. The second-order valence-electron chi connectivity index (χ2n) is 3.29. The van der Waals surface area contributed by atoms with Gasteiger partial charge in [-0.05, 0) is 17.7 Å². The Morgan fingerprint density at radius 1 is 1.53 bits per heavy atom. The third-order valence-corrected chi connectivity index (χ3v) is 3.65. The first kappa shape index (κ1) is 11.8. The summed E-state index contributed by atoms with van der Waals surface area (Å²) in [5.74, 6) is -0.526. The van der Waals surface area contributed by atoms with Crippen LogP contribution in [0.2, 0.25) is 0 Å². The minimum absolute atomic E-state index is 0.0578. The van der Waals surface area contributed by atoms with Gasteiger partial charge in [-0.3, -0.25) is 14.0 Å². The Morgan fingerprint density at radius 2 is 2.13 bits per heavy atom. The lowest BCUT2D eigenvalue weighted by Crippen LogP contribution is -2.17. The Morgan fingerprint density at radius 3 is 2.67 bits per heavy atom. The Bertz CT molecular complexity index is 353. The predicted octanol–water partition coefficient (Wildman–Crippen LogP) is 1.19. The average molecular weight is 227 g/mol. The van der Waals surface area contributed by atoms with E-state index in [4.69, 9.17) is 5.11 Å². The van der Waals surface area contributed by atoms with E-state index in [9.17, 15) is 9.00 Å². The molecule has 0 amide bonds. The minimum atomic E-state index is -1.14. The van der Waals surface area contributed by atoms with Crippen molar-refractivity contribution in [3.05, 3.63) is 30.1 Å². The molecule has 0 fully saturated rings. The van der Waals surface area contributed by atoms with Crippen molar-refractivity contribution in [2.75, 3.05) is 0 Å². The van der Waals surface area contributed by atoms with Gasteiger partial charge >= 0.3 is 5.97 Å². The smallest absolute Gasteiger partial charge is 0.304 e. The second kappa shape index (κ2) is 5.60. The van der Waals surface area contributed by atoms with Crippen LogP contribution >= 0.6 is 0 Å². The molecule has 0 aliphatic rings. The molecule has 2 atom stereocenters. The molecule has 0 radical (unpaired) electrons. The first-order valence-corrected chi connectivity index (χ1v) is 5.95. The molecule has 15 heavy (non-hydrogen) atoms. The van der Waals surface area contributed by atoms with Crippen molar-refractivity contribution < 1.29 is 14.1 Å². The predicted molar refractivity (Wildman–Crippen MR) is 57.8 cm³/mol. The molecular weight excluding hydrogens is 214 g/mol. The molecule has 1 rings (SSSR count). The number of hydrogen-bond acceptors (Lipinski definition) is 3. The maximum absolute atomic E-state index is 11.7. The van der Waals surface area contributed by atoms with Gasteiger partial charge < -0.3 is 5.11 Å². The van der Waals surface area contributed by atoms with Crippen LogP contribution in [0.4, 0.5) is 0 Å². The number of hydrogen-bond donors (Lipinski definition) is 1. The van der Waals surface area contributed by atoms with E-state index in [0.717, 1.165) is 5.56 Å². The summed E-state index contributed by atoms with van der Waals surface area (Å²) in [5.41, 5.74) is 0.917. The number of aromatic nitrogens is 1. The molecular formula is C10H13NO3S. The first-order chi connectivity index (χ1) is 7.09. The van der Waals surface area contributed by atoms with E-state index in [2.05, 4.69) is 4.98 Å². The van der Waals surface area contributed by atoms with Gasteiger partial charge in [-0.2, -0.15) is 0 Å². The monoisotopic (exact) mass is 227 g/mol. The van der Waals surface area contributed by atoms with Gasteiger partial charge in [0.15, 0.2) is 0 Å². The SMILES string of the molecule is CC(CC(=O)O)S(=O)Cc1ccncc1. The van der Waals surface area contributed by atoms with Gasteiger partial charge in [0.2, 0.25) is 0 Å². The van der Waals surface area contributed by atoms with E-state index in [1.807, 2.05) is 0 Å². The molecule has 0 spiro atoms. The van der Waals surface area contributed by atoms with Crippen LogP contribution in [-0.4, -0.2) is 25.5 Å². The summed E-state index contributed by atoms with van der Waals surface area (Å²) in [7, 11) is -1.14. The average Bonchev–Trinajstić information content (AvgIpc) is 2.18. The topological polar surface area (TPSA) is 67.3 Å². The van der Waals surface area contributed by atoms with Gasteiger partial charge in [0.25, 0.3) is 0 Å². The minimum Gasteiger partial charge on any atom is -0.481 e. The zero-order valence-corrected chi connectivity index (χ0v) is 9.24. The molecule has 82 valence electrons. The molecule has 0 bridgehead atoms. The summed E-state index contributed by atoms with van der Waals surface area (Å²) in [5, 5.41) is 8.23. The number of carboxylic acids is 1. The molecule has 1 heterocycles. The van der Waals surface area contributed by atoms with Gasteiger partial charge in [0, 0.05) is 34.2 Å². The Balaban J connectivity index is 2.52. The van der Waals surface area contributed by atoms with Gasteiger partial charge in [-0.15, -0.1) is 0 Å². The molecule has 2 unspecified atom stereocenters. The lowest BCUT2D eigenvalue weighted by atomic mass is 10.3. The van der Waals surface area contributed by atoms with Crippen LogP contribution in [-0.2, 0) is 21.3 Å². The molecule has 1 aromatic heterocycles. The quantitative estimate of drug-likeness (QED) is 0.820. The molecule has 1 aromatic rings. The third kappa shape index (κ3) is 4.20. The highest BCUT2D eigenvalue weighted by Gasteiger charge is 2.14. The fourth-order valence-corrected chi connectivity index (χ4v) is 2.26. The Kier molecular flexibility index (Phi) is 4.42. The van der Waals surface area contributed by atoms with Crippen LogP contribution < -0.4 is 0 Å². The van der Waals surface area contributed by atoms with E-state index in [1.165, 1.54) is 0 Å². The maximum Gasteiger partial charge on any atom is 0.304 e. The van der Waals surface area contributed by atoms with E-state index >= 15 is 0 Å². The highest BCUT2D eigenvalue weighted by molar-refractivity contribution is 7.84. The highest BCUT2D eigenvalue weighted by Crippen LogP contribution is 2.08. The summed E-state index contributed by atoms with van der Waals surface area (Å²) < 4.78 is 11.7. The molecule has 0 saturated heterocycles. The van der Waals surface area contributed by atoms with Gasteiger partial charge in [-0.1, -0.05) is 6.92 Å². The fraction of sp³-hybridized carbons (Fsp3) is 0.400. The van der Waals surface area contributed by atoms with Crippen molar-refractivity contribution in [3.63, 3.8) is 0 Å². The molecule has 0 aliphatic heterocycles. The number of carbonyl (C=O) groups is 1. The standard InChI is InChI=1S/C10H13NO3S/c1-8(6-10(12)13)15(14)7-9-2-4-11-5-3-9/h2-5,8H,6-7H2,1H3,(H,12,13). The zero-order chi connectivity index (χ0) is 11.3. The first-order valence-electron chi connectivity index (χ1n) is 4.57. The van der Waals surface area contributed by atoms with Crippen LogP contribution in [0, 0.1) is 0 Å². The Labute approximate surface area is 90.8 Å². The van der Waals surface area contributed by atoms with Crippen molar-refractivity contribution in [3.8, 4) is 0 Å². The van der Waals surface area contributed by atoms with Crippen LogP contribution in [0.5, 0.6) is 0 Å². The highest BCUT2D eigenvalue weighted by atomic mass is 32.2. The van der Waals surface area contributed by atoms with Gasteiger partial charge in [0.05, 0.1) is 6.42 Å². The largest absolute Gasteiger partial charge is 0.481 e. The van der Waals surface area contributed by atoms with Crippen molar-refractivity contribution in [1.29, 1.82) is 0 Å². The maximum atomic E-state index is 11.7. The van der Waals surface area contributed by atoms with Crippen LogP contribution in [0.3, 0.4) is 0 Å². The van der Waals surface area contributed by atoms with E-state index in [-0.39, 0.29) is 11.7 Å². The number of rotatable bonds is 5. The molecule has 5 heteroatoms.